The number of likely N-dealkylation sites (tertiary alicyclic amines) is 1. The molecule has 0 spiro atoms. The molecule has 1 saturated heterocycles. The Kier molecular flexibility index (Phi) is 18.8. The average molecular weight is 1050 g/mol. The molecular weight excluding hydrogens is 971 g/mol. The van der Waals surface area contributed by atoms with E-state index in [0.29, 0.717) is 24.9 Å². The van der Waals surface area contributed by atoms with Gasteiger partial charge in [-0.2, -0.15) is 0 Å². The molecule has 16 nitrogen and oxygen atoms in total. The first-order valence-corrected chi connectivity index (χ1v) is 27.3. The van der Waals surface area contributed by atoms with Crippen molar-refractivity contribution in [3.8, 4) is 0 Å². The molecule has 8 atom stereocenters. The molecule has 6 N–H and O–H groups in total. The molecule has 3 aliphatic rings. The van der Waals surface area contributed by atoms with Crippen molar-refractivity contribution in [2.75, 3.05) is 33.7 Å². The van der Waals surface area contributed by atoms with Crippen LogP contribution in [0.1, 0.15) is 130 Å². The van der Waals surface area contributed by atoms with Crippen molar-refractivity contribution in [3.05, 3.63) is 142 Å². The summed E-state index contributed by atoms with van der Waals surface area (Å²) in [6.07, 6.45) is 3.83. The predicted octanol–water partition coefficient (Wildman–Crippen LogP) is 5.55. The number of hydrogen-bond donors (Lipinski definition) is 6. The maximum Gasteiger partial charge on any atom is 0.251 e. The summed E-state index contributed by atoms with van der Waals surface area (Å²) >= 11 is 0. The molecular formula is C61H81N9O7. The van der Waals surface area contributed by atoms with Crippen LogP contribution in [-0.2, 0) is 54.6 Å². The van der Waals surface area contributed by atoms with E-state index in [1.54, 1.807) is 49.9 Å². The van der Waals surface area contributed by atoms with Gasteiger partial charge in [-0.25, -0.2) is 0 Å². The molecule has 16 heteroatoms. The van der Waals surface area contributed by atoms with Crippen LogP contribution in [0.2, 0.25) is 0 Å². The number of amides is 7. The Labute approximate surface area is 455 Å². The lowest BCUT2D eigenvalue weighted by molar-refractivity contribution is -0.151. The third-order valence-electron chi connectivity index (χ3n) is 15.6. The van der Waals surface area contributed by atoms with Crippen molar-refractivity contribution < 1.29 is 33.6 Å². The first kappa shape index (κ1) is 57.8. The van der Waals surface area contributed by atoms with Crippen LogP contribution < -0.4 is 31.9 Å². The van der Waals surface area contributed by atoms with Gasteiger partial charge in [0.15, 0.2) is 0 Å². The minimum atomic E-state index is -0.967. The largest absolute Gasteiger partial charge is 0.347 e. The topological polar surface area (TPSA) is 201 Å². The Bertz CT molecular complexity index is 2750. The Morgan fingerprint density at radius 3 is 1.77 bits per heavy atom. The number of likely N-dealkylation sites (N-methyl/N-ethyl adjacent to an activating group) is 2. The van der Waals surface area contributed by atoms with Crippen LogP contribution in [0, 0.1) is 10.8 Å². The molecule has 0 saturated carbocycles. The lowest BCUT2D eigenvalue weighted by Crippen LogP contribution is -2.60. The normalized spacial score (nSPS) is 19.8. The highest BCUT2D eigenvalue weighted by molar-refractivity contribution is 5.97. The van der Waals surface area contributed by atoms with Crippen molar-refractivity contribution >= 4 is 41.4 Å². The summed E-state index contributed by atoms with van der Waals surface area (Å²) in [6.45, 7) is 15.6. The number of carbonyl (C=O) groups excluding carboxylic acids is 7. The van der Waals surface area contributed by atoms with Crippen molar-refractivity contribution in [2.45, 2.75) is 149 Å². The van der Waals surface area contributed by atoms with Gasteiger partial charge < -0.3 is 46.6 Å². The van der Waals surface area contributed by atoms with Crippen LogP contribution in [0.15, 0.2) is 103 Å². The number of fused-ring (bicyclic) bond motifs is 2. The molecule has 4 aromatic carbocycles. The molecule has 4 aromatic rings. The van der Waals surface area contributed by atoms with Gasteiger partial charge >= 0.3 is 0 Å². The number of benzene rings is 4. The number of nitrogens with one attached hydrogen (secondary N) is 6. The van der Waals surface area contributed by atoms with E-state index in [9.17, 15) is 28.8 Å². The van der Waals surface area contributed by atoms with Gasteiger partial charge in [0.2, 0.25) is 35.4 Å². The fraction of sp³-hybridized carbons (Fsp3) is 0.492. The first-order valence-electron chi connectivity index (χ1n) is 27.3. The second kappa shape index (κ2) is 25.0. The highest BCUT2D eigenvalue weighted by atomic mass is 16.2. The fourth-order valence-corrected chi connectivity index (χ4v) is 10.7. The maximum absolute atomic E-state index is 15.4. The Morgan fingerprint density at radius 1 is 0.636 bits per heavy atom. The minimum Gasteiger partial charge on any atom is -0.347 e. The van der Waals surface area contributed by atoms with Crippen LogP contribution in [0.25, 0.3) is 0 Å². The summed E-state index contributed by atoms with van der Waals surface area (Å²) in [4.78, 5) is 105. The Morgan fingerprint density at radius 2 is 1.18 bits per heavy atom. The molecule has 7 amide bonds. The highest BCUT2D eigenvalue weighted by Gasteiger charge is 2.47. The van der Waals surface area contributed by atoms with Gasteiger partial charge in [0.25, 0.3) is 5.91 Å². The number of carbonyl (C=O) groups is 7. The van der Waals surface area contributed by atoms with E-state index in [-0.39, 0.29) is 61.6 Å². The van der Waals surface area contributed by atoms with Gasteiger partial charge in [-0.3, -0.25) is 33.6 Å². The molecule has 7 rings (SSSR count). The van der Waals surface area contributed by atoms with Crippen molar-refractivity contribution in [1.29, 1.82) is 0 Å². The van der Waals surface area contributed by atoms with Crippen LogP contribution in [0.3, 0.4) is 0 Å². The van der Waals surface area contributed by atoms with E-state index < -0.39 is 64.9 Å². The quantitative estimate of drug-likeness (QED) is 0.0739. The van der Waals surface area contributed by atoms with Crippen molar-refractivity contribution in [2.24, 2.45) is 10.8 Å². The molecule has 1 fully saturated rings. The van der Waals surface area contributed by atoms with E-state index in [2.05, 4.69) is 38.0 Å². The zero-order valence-electron chi connectivity index (χ0n) is 46.7. The zero-order chi connectivity index (χ0) is 55.8. The number of rotatable bonds is 18. The molecule has 0 bridgehead atoms. The van der Waals surface area contributed by atoms with Crippen molar-refractivity contribution in [3.63, 3.8) is 0 Å². The summed E-state index contributed by atoms with van der Waals surface area (Å²) in [5.74, 6) is -2.38. The monoisotopic (exact) mass is 1050 g/mol. The first-order chi connectivity index (χ1) is 36.6. The van der Waals surface area contributed by atoms with E-state index >= 15 is 4.79 Å². The van der Waals surface area contributed by atoms with E-state index in [4.69, 9.17) is 0 Å². The smallest absolute Gasteiger partial charge is 0.251 e. The van der Waals surface area contributed by atoms with E-state index in [1.165, 1.54) is 10.5 Å². The Balaban J connectivity index is 1.13. The van der Waals surface area contributed by atoms with Crippen LogP contribution in [-0.4, -0.2) is 126 Å². The Hall–Kier alpha value is -6.91. The molecule has 77 heavy (non-hydrogen) atoms. The van der Waals surface area contributed by atoms with E-state index in [1.807, 2.05) is 126 Å². The average Bonchev–Trinajstić information content (AvgIpc) is 3.87. The van der Waals surface area contributed by atoms with Crippen LogP contribution >= 0.6 is 0 Å². The van der Waals surface area contributed by atoms with Gasteiger partial charge in [-0.15, -0.1) is 0 Å². The highest BCUT2D eigenvalue weighted by Crippen LogP contribution is 2.36. The standard InChI is InChI=1S/C61H81N9O7/c1-38(62-9)53(71)66-51(60(3,4)5)58(76)69-34-32-43-22-15-17-25-47(43)50(69)57(75)68(33-31-40-19-12-11-13-20-40)36-41-27-29-44(30-28-41)55(73)64-45-35-49(56(74)65-48-26-18-23-42-21-14-16-24-46(42)48)70(37-45)59(77)52(61(6,7)8)67-54(72)39(2)63-10/h11-17,19-22,24-25,27-30,38-39,45,48-52,62-63H,18,23,26,31-37H2,1-10H3,(H,64,73)(H,65,74)(H,66,71)(H,67,72)/t38-,39-,45-,48+,49-,50-,51+,52?/m0/s1. The third-order valence-corrected chi connectivity index (χ3v) is 15.6. The molecule has 2 heterocycles. The molecule has 1 unspecified atom stereocenters. The summed E-state index contributed by atoms with van der Waals surface area (Å²) in [5.41, 5.74) is 4.70. The molecule has 412 valence electrons. The predicted molar refractivity (Wildman–Crippen MR) is 298 cm³/mol. The van der Waals surface area contributed by atoms with E-state index in [0.717, 1.165) is 47.1 Å². The fourth-order valence-electron chi connectivity index (χ4n) is 10.7. The number of hydrogen-bond acceptors (Lipinski definition) is 9. The molecule has 0 radical (unpaired) electrons. The summed E-state index contributed by atoms with van der Waals surface area (Å²) in [5, 5.41) is 18.2. The van der Waals surface area contributed by atoms with Crippen molar-refractivity contribution in [1.82, 2.24) is 46.6 Å². The molecule has 1 aliphatic carbocycles. The van der Waals surface area contributed by atoms with Gasteiger partial charge in [0, 0.05) is 37.8 Å². The number of nitrogens with zero attached hydrogens (tertiary/aromatic N) is 3. The van der Waals surface area contributed by atoms with Gasteiger partial charge in [0.05, 0.1) is 18.1 Å². The lowest BCUT2D eigenvalue weighted by atomic mass is 9.83. The SMILES string of the molecule is CN[C@@H](C)C(=O)NC(C(=O)N1C[C@@H](NC(=O)c2ccc(CN(CCc3ccccc3)C(=O)[C@@H]3c4ccccc4CCN3C(=O)[C@@H](NC(=O)[C@H](C)NC)C(C)(C)C)cc2)C[C@H]1C(=O)N[C@@H]1CCCc2ccccc21)C(C)(C)C. The minimum absolute atomic E-state index is 0.0479. The van der Waals surface area contributed by atoms with Gasteiger partial charge in [-0.05, 0) is 123 Å². The van der Waals surface area contributed by atoms with Crippen LogP contribution in [0.4, 0.5) is 0 Å². The van der Waals surface area contributed by atoms with Gasteiger partial charge in [0.1, 0.15) is 24.2 Å². The summed E-state index contributed by atoms with van der Waals surface area (Å²) < 4.78 is 0. The maximum atomic E-state index is 15.4. The third kappa shape index (κ3) is 14.0. The zero-order valence-corrected chi connectivity index (χ0v) is 46.7. The number of aryl methyl sites for hydroxylation is 1. The molecule has 2 aliphatic heterocycles. The summed E-state index contributed by atoms with van der Waals surface area (Å²) in [7, 11) is 3.36. The second-order valence-electron chi connectivity index (χ2n) is 23.3. The van der Waals surface area contributed by atoms with Crippen LogP contribution in [0.5, 0.6) is 0 Å². The van der Waals surface area contributed by atoms with Gasteiger partial charge in [-0.1, -0.05) is 133 Å². The summed E-state index contributed by atoms with van der Waals surface area (Å²) in [6, 6.07) is 27.0. The molecule has 0 aromatic heterocycles. The second-order valence-corrected chi connectivity index (χ2v) is 23.3. The lowest BCUT2D eigenvalue weighted by Gasteiger charge is -2.42.